The molecule has 0 aliphatic rings. The third-order valence-corrected chi connectivity index (χ3v) is 2.68. The number of aryl methyl sites for hydroxylation is 1. The van der Waals surface area contributed by atoms with Gasteiger partial charge in [-0.3, -0.25) is 4.40 Å². The van der Waals surface area contributed by atoms with Crippen LogP contribution < -0.4 is 0 Å². The molecule has 0 amide bonds. The Kier molecular flexibility index (Phi) is 2.16. The number of imidazole rings is 2. The first kappa shape index (κ1) is 10.5. The van der Waals surface area contributed by atoms with E-state index < -0.39 is 5.97 Å². The Hall–Kier alpha value is -2.63. The lowest BCUT2D eigenvalue weighted by Gasteiger charge is -1.96. The number of aromatic nitrogens is 4. The summed E-state index contributed by atoms with van der Waals surface area (Å²) in [4.78, 5) is 19.5. The molecule has 0 saturated heterocycles. The van der Waals surface area contributed by atoms with E-state index in [4.69, 9.17) is 5.11 Å². The van der Waals surface area contributed by atoms with Gasteiger partial charge in [-0.15, -0.1) is 0 Å². The Morgan fingerprint density at radius 3 is 2.89 bits per heavy atom. The van der Waals surface area contributed by atoms with Crippen molar-refractivity contribution < 1.29 is 9.90 Å². The fourth-order valence-electron chi connectivity index (χ4n) is 1.90. The van der Waals surface area contributed by atoms with Gasteiger partial charge in [-0.25, -0.2) is 14.8 Å². The quantitative estimate of drug-likeness (QED) is 0.737. The number of carboxylic acid groups (broad SMARTS) is 1. The fraction of sp³-hybridized carbons (Fsp3) is 0.0833. The van der Waals surface area contributed by atoms with Crippen LogP contribution in [0.4, 0.5) is 0 Å². The summed E-state index contributed by atoms with van der Waals surface area (Å²) < 4.78 is 3.52. The normalized spacial score (nSPS) is 10.9. The van der Waals surface area contributed by atoms with Gasteiger partial charge in [-0.05, 0) is 12.1 Å². The Labute approximate surface area is 102 Å². The van der Waals surface area contributed by atoms with Crippen LogP contribution in [-0.4, -0.2) is 30.0 Å². The summed E-state index contributed by atoms with van der Waals surface area (Å²) in [5.41, 5.74) is 1.24. The second-order valence-electron chi connectivity index (χ2n) is 3.97. The van der Waals surface area contributed by atoms with E-state index in [2.05, 4.69) is 9.97 Å². The molecule has 6 nitrogen and oxygen atoms in total. The zero-order chi connectivity index (χ0) is 12.7. The van der Waals surface area contributed by atoms with E-state index in [-0.39, 0.29) is 5.69 Å². The van der Waals surface area contributed by atoms with Crippen LogP contribution in [0.2, 0.25) is 0 Å². The first-order chi connectivity index (χ1) is 8.66. The summed E-state index contributed by atoms with van der Waals surface area (Å²) in [6.07, 6.45) is 5.23. The highest BCUT2D eigenvalue weighted by Crippen LogP contribution is 2.21. The fourth-order valence-corrected chi connectivity index (χ4v) is 1.90. The van der Waals surface area contributed by atoms with Gasteiger partial charge in [0.25, 0.3) is 0 Å². The molecule has 0 atom stereocenters. The largest absolute Gasteiger partial charge is 0.476 e. The average Bonchev–Trinajstić information content (AvgIpc) is 2.92. The van der Waals surface area contributed by atoms with Crippen LogP contribution >= 0.6 is 0 Å². The number of pyridine rings is 1. The molecule has 3 aromatic rings. The number of aromatic carboxylic acids is 1. The minimum absolute atomic E-state index is 0.0382. The van der Waals surface area contributed by atoms with Crippen molar-refractivity contribution in [3.8, 4) is 11.5 Å². The highest BCUT2D eigenvalue weighted by Gasteiger charge is 2.18. The Bertz CT molecular complexity index is 741. The first-order valence-electron chi connectivity index (χ1n) is 5.35. The number of carboxylic acids is 1. The minimum atomic E-state index is -1.04. The van der Waals surface area contributed by atoms with Crippen LogP contribution in [0, 0.1) is 0 Å². The van der Waals surface area contributed by atoms with Gasteiger partial charge in [-0.1, -0.05) is 6.07 Å². The molecule has 0 aliphatic carbocycles. The number of nitrogens with zero attached hydrogens (tertiary/aromatic N) is 4. The van der Waals surface area contributed by atoms with Crippen molar-refractivity contribution in [2.24, 2.45) is 7.05 Å². The predicted molar refractivity (Wildman–Crippen MR) is 64.4 cm³/mol. The van der Waals surface area contributed by atoms with Crippen molar-refractivity contribution in [3.05, 3.63) is 42.6 Å². The van der Waals surface area contributed by atoms with E-state index in [1.807, 2.05) is 13.1 Å². The SMILES string of the molecule is Cn1cnc(-c2nc(C(=O)O)c3ccccn23)c1. The molecule has 0 aliphatic heterocycles. The molecular weight excluding hydrogens is 232 g/mol. The highest BCUT2D eigenvalue weighted by atomic mass is 16.4. The van der Waals surface area contributed by atoms with Crippen LogP contribution in [0.3, 0.4) is 0 Å². The van der Waals surface area contributed by atoms with Crippen molar-refractivity contribution in [3.63, 3.8) is 0 Å². The van der Waals surface area contributed by atoms with Gasteiger partial charge in [0.2, 0.25) is 0 Å². The van der Waals surface area contributed by atoms with Gasteiger partial charge < -0.3 is 9.67 Å². The van der Waals surface area contributed by atoms with E-state index in [1.165, 1.54) is 0 Å². The maximum absolute atomic E-state index is 11.2. The standard InChI is InChI=1S/C12H10N4O2/c1-15-6-8(13-7-15)11-14-10(12(17)18)9-4-2-3-5-16(9)11/h2-7H,1H3,(H,17,18). The summed E-state index contributed by atoms with van der Waals surface area (Å²) in [6, 6.07) is 5.33. The van der Waals surface area contributed by atoms with Gasteiger partial charge in [0.15, 0.2) is 11.5 Å². The molecule has 0 spiro atoms. The second kappa shape index (κ2) is 3.69. The predicted octanol–water partition coefficient (Wildman–Crippen LogP) is 1.43. The summed E-state index contributed by atoms with van der Waals surface area (Å²) in [5, 5.41) is 9.15. The van der Waals surface area contributed by atoms with Crippen LogP contribution in [0.15, 0.2) is 36.9 Å². The Balaban J connectivity index is 2.33. The first-order valence-corrected chi connectivity index (χ1v) is 5.35. The van der Waals surface area contributed by atoms with Crippen molar-refractivity contribution >= 4 is 11.5 Å². The summed E-state index contributed by atoms with van der Waals surface area (Å²) >= 11 is 0. The summed E-state index contributed by atoms with van der Waals surface area (Å²) in [5.74, 6) is -0.510. The lowest BCUT2D eigenvalue weighted by molar-refractivity contribution is 0.0693. The monoisotopic (exact) mass is 242 g/mol. The summed E-state index contributed by atoms with van der Waals surface area (Å²) in [7, 11) is 1.85. The van der Waals surface area contributed by atoms with Crippen LogP contribution in [0.5, 0.6) is 0 Å². The van der Waals surface area contributed by atoms with Gasteiger partial charge in [0.1, 0.15) is 5.69 Å². The van der Waals surface area contributed by atoms with Crippen LogP contribution in [0.25, 0.3) is 17.0 Å². The highest BCUT2D eigenvalue weighted by molar-refractivity contribution is 5.94. The van der Waals surface area contributed by atoms with Gasteiger partial charge in [0, 0.05) is 19.4 Å². The van der Waals surface area contributed by atoms with E-state index in [0.29, 0.717) is 17.0 Å². The van der Waals surface area contributed by atoms with Crippen LogP contribution in [-0.2, 0) is 7.05 Å². The average molecular weight is 242 g/mol. The number of rotatable bonds is 2. The molecular formula is C12H10N4O2. The number of hydrogen-bond acceptors (Lipinski definition) is 3. The molecule has 0 unspecified atom stereocenters. The number of hydrogen-bond donors (Lipinski definition) is 1. The Morgan fingerprint density at radius 1 is 1.39 bits per heavy atom. The zero-order valence-corrected chi connectivity index (χ0v) is 9.61. The maximum atomic E-state index is 11.2. The Morgan fingerprint density at radius 2 is 2.22 bits per heavy atom. The van der Waals surface area contributed by atoms with E-state index in [9.17, 15) is 4.79 Å². The molecule has 0 fully saturated rings. The van der Waals surface area contributed by atoms with Crippen LogP contribution in [0.1, 0.15) is 10.5 Å². The molecule has 90 valence electrons. The minimum Gasteiger partial charge on any atom is -0.476 e. The van der Waals surface area contributed by atoms with E-state index in [0.717, 1.165) is 0 Å². The van der Waals surface area contributed by atoms with Crippen molar-refractivity contribution in [1.29, 1.82) is 0 Å². The molecule has 3 aromatic heterocycles. The molecule has 3 heterocycles. The zero-order valence-electron chi connectivity index (χ0n) is 9.61. The molecule has 3 rings (SSSR count). The van der Waals surface area contributed by atoms with Gasteiger partial charge in [0.05, 0.1) is 11.8 Å². The van der Waals surface area contributed by atoms with E-state index >= 15 is 0 Å². The smallest absolute Gasteiger partial charge is 0.356 e. The van der Waals surface area contributed by atoms with E-state index in [1.54, 1.807) is 39.8 Å². The topological polar surface area (TPSA) is 72.4 Å². The number of fused-ring (bicyclic) bond motifs is 1. The molecule has 0 bridgehead atoms. The van der Waals surface area contributed by atoms with Crippen molar-refractivity contribution in [2.45, 2.75) is 0 Å². The number of carbonyl (C=O) groups is 1. The molecule has 0 saturated carbocycles. The third-order valence-electron chi connectivity index (χ3n) is 2.68. The maximum Gasteiger partial charge on any atom is 0.356 e. The second-order valence-corrected chi connectivity index (χ2v) is 3.97. The molecule has 0 radical (unpaired) electrons. The lowest BCUT2D eigenvalue weighted by Crippen LogP contribution is -1.96. The summed E-state index contributed by atoms with van der Waals surface area (Å²) in [6.45, 7) is 0. The molecule has 0 aromatic carbocycles. The molecule has 6 heteroatoms. The van der Waals surface area contributed by atoms with Gasteiger partial charge >= 0.3 is 5.97 Å². The lowest BCUT2D eigenvalue weighted by atomic mass is 10.3. The molecule has 18 heavy (non-hydrogen) atoms. The van der Waals surface area contributed by atoms with Crippen molar-refractivity contribution in [1.82, 2.24) is 18.9 Å². The third kappa shape index (κ3) is 1.46. The van der Waals surface area contributed by atoms with Crippen molar-refractivity contribution in [2.75, 3.05) is 0 Å². The van der Waals surface area contributed by atoms with Gasteiger partial charge in [-0.2, -0.15) is 0 Å². The molecule has 1 N–H and O–H groups in total.